The molecule has 70 valence electrons. The molecule has 0 aromatic carbocycles. The van der Waals surface area contributed by atoms with Gasteiger partial charge in [-0.25, -0.2) is 0 Å². The Labute approximate surface area is 82.6 Å². The molecule has 3 heteroatoms. The third-order valence-corrected chi connectivity index (χ3v) is 2.98. The van der Waals surface area contributed by atoms with Gasteiger partial charge in [-0.3, -0.25) is 4.98 Å². The number of aliphatic hydroxyl groups excluding tert-OH is 1. The molecule has 0 radical (unpaired) electrons. The largest absolute Gasteiger partial charge is 0.387 e. The highest BCUT2D eigenvalue weighted by Crippen LogP contribution is 2.39. The molecule has 1 aromatic rings. The Morgan fingerprint density at radius 1 is 1.54 bits per heavy atom. The van der Waals surface area contributed by atoms with Gasteiger partial charge in [0.1, 0.15) is 0 Å². The lowest BCUT2D eigenvalue weighted by atomic mass is 9.85. The van der Waals surface area contributed by atoms with Crippen molar-refractivity contribution in [3.05, 3.63) is 28.5 Å². The Kier molecular flexibility index (Phi) is 2.26. The fourth-order valence-corrected chi connectivity index (χ4v) is 2.25. The summed E-state index contributed by atoms with van der Waals surface area (Å²) in [5, 5.41) is 10.4. The maximum Gasteiger partial charge on any atom is 0.0963 e. The molecule has 0 amide bonds. The molecule has 1 aliphatic carbocycles. The van der Waals surface area contributed by atoms with Crippen LogP contribution in [0, 0.1) is 0 Å². The maximum atomic E-state index is 9.68. The quantitative estimate of drug-likeness (QED) is 0.694. The van der Waals surface area contributed by atoms with Gasteiger partial charge < -0.3 is 5.11 Å². The van der Waals surface area contributed by atoms with Gasteiger partial charge in [0.25, 0.3) is 0 Å². The Balaban J connectivity index is 2.56. The summed E-state index contributed by atoms with van der Waals surface area (Å²) in [4.78, 5) is 4.18. The molecule has 0 bridgehead atoms. The molecule has 1 aromatic heterocycles. The highest BCUT2D eigenvalue weighted by atomic mass is 35.5. The van der Waals surface area contributed by atoms with Crippen molar-refractivity contribution in [3.8, 4) is 0 Å². The average molecular weight is 198 g/mol. The summed E-state index contributed by atoms with van der Waals surface area (Å²) in [6.45, 7) is 2.12. The zero-order valence-electron chi connectivity index (χ0n) is 7.50. The third kappa shape index (κ3) is 1.45. The van der Waals surface area contributed by atoms with E-state index in [1.165, 1.54) is 0 Å². The van der Waals surface area contributed by atoms with Crippen LogP contribution in [-0.2, 0) is 0 Å². The van der Waals surface area contributed by atoms with Crippen LogP contribution in [0.15, 0.2) is 12.3 Å². The van der Waals surface area contributed by atoms with Crippen LogP contribution in [0.2, 0.25) is 5.02 Å². The topological polar surface area (TPSA) is 33.1 Å². The summed E-state index contributed by atoms with van der Waals surface area (Å²) in [5.41, 5.74) is 1.80. The second kappa shape index (κ2) is 3.28. The van der Waals surface area contributed by atoms with Crippen molar-refractivity contribution in [1.29, 1.82) is 0 Å². The van der Waals surface area contributed by atoms with E-state index in [9.17, 15) is 5.11 Å². The molecule has 0 aliphatic heterocycles. The number of hydrogen-bond acceptors (Lipinski definition) is 2. The molecule has 0 saturated carbocycles. The van der Waals surface area contributed by atoms with E-state index in [1.54, 1.807) is 12.3 Å². The Bertz CT molecular complexity index is 327. The monoisotopic (exact) mass is 197 g/mol. The van der Waals surface area contributed by atoms with Crippen LogP contribution in [0.25, 0.3) is 0 Å². The van der Waals surface area contributed by atoms with Crippen LogP contribution >= 0.6 is 11.6 Å². The molecule has 13 heavy (non-hydrogen) atoms. The van der Waals surface area contributed by atoms with E-state index in [0.29, 0.717) is 5.92 Å². The summed E-state index contributed by atoms with van der Waals surface area (Å²) in [6, 6.07) is 1.79. The first-order chi connectivity index (χ1) is 6.20. The van der Waals surface area contributed by atoms with Crippen LogP contribution in [0.4, 0.5) is 0 Å². The van der Waals surface area contributed by atoms with Crippen LogP contribution in [0.3, 0.4) is 0 Å². The minimum atomic E-state index is -0.426. The number of hydrogen-bond donors (Lipinski definition) is 1. The molecule has 2 rings (SSSR count). The van der Waals surface area contributed by atoms with Crippen molar-refractivity contribution in [2.75, 3.05) is 0 Å². The molecule has 0 spiro atoms. The summed E-state index contributed by atoms with van der Waals surface area (Å²) >= 11 is 6.05. The smallest absolute Gasteiger partial charge is 0.0963 e. The van der Waals surface area contributed by atoms with E-state index in [4.69, 9.17) is 11.6 Å². The first-order valence-corrected chi connectivity index (χ1v) is 4.90. The van der Waals surface area contributed by atoms with Crippen LogP contribution < -0.4 is 0 Å². The number of aromatic nitrogens is 1. The van der Waals surface area contributed by atoms with Gasteiger partial charge in [0.15, 0.2) is 0 Å². The first kappa shape index (κ1) is 8.97. The second-order valence-electron chi connectivity index (χ2n) is 3.59. The summed E-state index contributed by atoms with van der Waals surface area (Å²) < 4.78 is 0. The number of aliphatic hydroxyl groups is 1. The highest BCUT2D eigenvalue weighted by Gasteiger charge is 2.26. The number of fused-ring (bicyclic) bond motifs is 1. The minimum Gasteiger partial charge on any atom is -0.387 e. The first-order valence-electron chi connectivity index (χ1n) is 4.52. The SMILES string of the molecule is C[C@H]1CC[C@@H](O)c2nccc(Cl)c21. The lowest BCUT2D eigenvalue weighted by Gasteiger charge is -2.26. The number of nitrogens with zero attached hydrogens (tertiary/aromatic N) is 1. The number of pyridine rings is 1. The van der Waals surface area contributed by atoms with Crippen molar-refractivity contribution in [3.63, 3.8) is 0 Å². The molecular weight excluding hydrogens is 186 g/mol. The van der Waals surface area contributed by atoms with Gasteiger partial charge in [-0.2, -0.15) is 0 Å². The second-order valence-corrected chi connectivity index (χ2v) is 3.99. The Hall–Kier alpha value is -0.600. The molecule has 2 atom stereocenters. The van der Waals surface area contributed by atoms with Gasteiger partial charge in [-0.05, 0) is 30.4 Å². The van der Waals surface area contributed by atoms with Crippen molar-refractivity contribution in [2.45, 2.75) is 31.8 Å². The van der Waals surface area contributed by atoms with Gasteiger partial charge in [-0.1, -0.05) is 18.5 Å². The van der Waals surface area contributed by atoms with Gasteiger partial charge in [0.05, 0.1) is 11.8 Å². The fraction of sp³-hybridized carbons (Fsp3) is 0.500. The van der Waals surface area contributed by atoms with E-state index in [2.05, 4.69) is 11.9 Å². The van der Waals surface area contributed by atoms with Crippen LogP contribution in [0.1, 0.15) is 43.0 Å². The fourth-order valence-electron chi connectivity index (χ4n) is 1.91. The van der Waals surface area contributed by atoms with Gasteiger partial charge >= 0.3 is 0 Å². The van der Waals surface area contributed by atoms with Gasteiger partial charge in [0, 0.05) is 11.2 Å². The molecule has 0 fully saturated rings. The standard InChI is InChI=1S/C10H12ClNO/c1-6-2-3-8(13)10-9(6)7(11)4-5-12-10/h4-6,8,13H,2-3H2,1H3/t6-,8+/m0/s1. The zero-order valence-corrected chi connectivity index (χ0v) is 8.25. The predicted octanol–water partition coefficient (Wildman–Crippen LogP) is 2.67. The molecule has 0 unspecified atom stereocenters. The highest BCUT2D eigenvalue weighted by molar-refractivity contribution is 6.31. The summed E-state index contributed by atoms with van der Waals surface area (Å²) in [7, 11) is 0. The average Bonchev–Trinajstić information content (AvgIpc) is 2.12. The Morgan fingerprint density at radius 3 is 3.00 bits per heavy atom. The predicted molar refractivity (Wildman–Crippen MR) is 51.9 cm³/mol. The maximum absolute atomic E-state index is 9.68. The lowest BCUT2D eigenvalue weighted by molar-refractivity contribution is 0.146. The van der Waals surface area contributed by atoms with Crippen LogP contribution in [-0.4, -0.2) is 10.1 Å². The number of rotatable bonds is 0. The molecule has 0 saturated heterocycles. The molecule has 1 heterocycles. The molecular formula is C10H12ClNO. The van der Waals surface area contributed by atoms with E-state index >= 15 is 0 Å². The molecule has 1 N–H and O–H groups in total. The Morgan fingerprint density at radius 2 is 2.31 bits per heavy atom. The summed E-state index contributed by atoms with van der Waals surface area (Å²) in [5.74, 6) is 0.416. The van der Waals surface area contributed by atoms with E-state index in [0.717, 1.165) is 29.1 Å². The van der Waals surface area contributed by atoms with Crippen molar-refractivity contribution < 1.29 is 5.11 Å². The minimum absolute atomic E-state index is 0.416. The van der Waals surface area contributed by atoms with Gasteiger partial charge in [0.2, 0.25) is 0 Å². The van der Waals surface area contributed by atoms with Crippen molar-refractivity contribution >= 4 is 11.6 Å². The van der Waals surface area contributed by atoms with Gasteiger partial charge in [-0.15, -0.1) is 0 Å². The van der Waals surface area contributed by atoms with E-state index in [1.807, 2.05) is 0 Å². The van der Waals surface area contributed by atoms with E-state index in [-0.39, 0.29) is 0 Å². The molecule has 1 aliphatic rings. The van der Waals surface area contributed by atoms with Crippen molar-refractivity contribution in [1.82, 2.24) is 4.98 Å². The summed E-state index contributed by atoms with van der Waals surface area (Å²) in [6.07, 6.45) is 3.01. The third-order valence-electron chi connectivity index (χ3n) is 2.65. The molecule has 2 nitrogen and oxygen atoms in total. The number of halogens is 1. The lowest BCUT2D eigenvalue weighted by Crippen LogP contribution is -2.14. The zero-order chi connectivity index (χ0) is 9.42. The van der Waals surface area contributed by atoms with Crippen molar-refractivity contribution in [2.24, 2.45) is 0 Å². The normalized spacial score (nSPS) is 27.0. The van der Waals surface area contributed by atoms with Crippen LogP contribution in [0.5, 0.6) is 0 Å². The van der Waals surface area contributed by atoms with E-state index < -0.39 is 6.10 Å².